The minimum Gasteiger partial charge on any atom is -0.438 e. The third kappa shape index (κ3) is 5.40. The van der Waals surface area contributed by atoms with Crippen LogP contribution in [0.4, 0.5) is 10.5 Å². The molecule has 0 aliphatic carbocycles. The van der Waals surface area contributed by atoms with Crippen molar-refractivity contribution in [2.24, 2.45) is 0 Å². The minimum absolute atomic E-state index is 0.184. The van der Waals surface area contributed by atoms with E-state index in [1.165, 1.54) is 11.8 Å². The van der Waals surface area contributed by atoms with Crippen LogP contribution >= 0.6 is 0 Å². The van der Waals surface area contributed by atoms with Gasteiger partial charge in [-0.25, -0.2) is 4.79 Å². The molecule has 8 nitrogen and oxygen atoms in total. The number of carbonyl (C=O) groups excluding carboxylic acids is 3. The second-order valence-corrected chi connectivity index (χ2v) is 8.20. The van der Waals surface area contributed by atoms with E-state index in [4.69, 9.17) is 4.74 Å². The number of nitrogens with one attached hydrogen (secondary N) is 2. The molecule has 0 unspecified atom stereocenters. The number of benzene rings is 2. The summed E-state index contributed by atoms with van der Waals surface area (Å²) in [6.45, 7) is 3.89. The Bertz CT molecular complexity index is 1160. The average molecular weight is 459 g/mol. The van der Waals surface area contributed by atoms with E-state index in [1.807, 2.05) is 43.3 Å². The van der Waals surface area contributed by atoms with E-state index in [9.17, 15) is 14.4 Å². The average Bonchev–Trinajstić information content (AvgIpc) is 3.15. The van der Waals surface area contributed by atoms with Gasteiger partial charge in [0.1, 0.15) is 0 Å². The maximum atomic E-state index is 13.3. The van der Waals surface area contributed by atoms with Crippen LogP contribution < -0.4 is 10.6 Å². The van der Waals surface area contributed by atoms with Gasteiger partial charge in [-0.15, -0.1) is 0 Å². The van der Waals surface area contributed by atoms with Crippen molar-refractivity contribution in [3.05, 3.63) is 95.3 Å². The second kappa shape index (κ2) is 10.2. The number of rotatable bonds is 7. The molecular formula is C26H26N4O4. The van der Waals surface area contributed by atoms with Crippen molar-refractivity contribution in [2.45, 2.75) is 39.1 Å². The molecule has 2 atom stereocenters. The van der Waals surface area contributed by atoms with Crippen LogP contribution in [-0.2, 0) is 27.4 Å². The summed E-state index contributed by atoms with van der Waals surface area (Å²) in [6.07, 6.45) is 0.301. The molecule has 1 saturated heterocycles. The zero-order valence-electron chi connectivity index (χ0n) is 19.0. The summed E-state index contributed by atoms with van der Waals surface area (Å²) in [6, 6.07) is 19.3. The van der Waals surface area contributed by atoms with Gasteiger partial charge < -0.3 is 15.4 Å². The van der Waals surface area contributed by atoms with Crippen LogP contribution in [-0.4, -0.2) is 33.8 Å². The molecule has 174 valence electrons. The smallest absolute Gasteiger partial charge is 0.411 e. The highest BCUT2D eigenvalue weighted by molar-refractivity contribution is 5.90. The van der Waals surface area contributed by atoms with Gasteiger partial charge in [-0.2, -0.15) is 0 Å². The standard InChI is InChI=1S/C26H26N4O4/c1-17-6-8-19(9-7-17)16-30-23(25(32)28-15-22-5-3-4-14-27-22)24(34-26(30)33)20-10-12-21(13-11-20)29-18(2)31/h3-14,23-24H,15-16H2,1-2H3,(H,28,32)(H,29,31)/t23-,24-/m0/s1. The summed E-state index contributed by atoms with van der Waals surface area (Å²) < 4.78 is 5.69. The van der Waals surface area contributed by atoms with Crippen LogP contribution in [0.15, 0.2) is 72.9 Å². The van der Waals surface area contributed by atoms with E-state index < -0.39 is 18.2 Å². The number of amides is 3. The predicted octanol–water partition coefficient (Wildman–Crippen LogP) is 3.73. The van der Waals surface area contributed by atoms with E-state index in [0.717, 1.165) is 11.1 Å². The molecule has 1 aliphatic heterocycles. The number of aryl methyl sites for hydroxylation is 1. The van der Waals surface area contributed by atoms with Crippen LogP contribution in [0.5, 0.6) is 0 Å². The number of ether oxygens (including phenoxy) is 1. The first-order valence-electron chi connectivity index (χ1n) is 11.0. The Hall–Kier alpha value is -4.20. The number of aromatic nitrogens is 1. The topological polar surface area (TPSA) is 101 Å². The first-order valence-corrected chi connectivity index (χ1v) is 11.0. The number of carbonyl (C=O) groups is 3. The quantitative estimate of drug-likeness (QED) is 0.562. The summed E-state index contributed by atoms with van der Waals surface area (Å²) >= 11 is 0. The molecule has 3 amide bonds. The fraction of sp³-hybridized carbons (Fsp3) is 0.231. The highest BCUT2D eigenvalue weighted by Gasteiger charge is 2.46. The maximum Gasteiger partial charge on any atom is 0.411 e. The van der Waals surface area contributed by atoms with Gasteiger partial charge >= 0.3 is 6.09 Å². The second-order valence-electron chi connectivity index (χ2n) is 8.20. The van der Waals surface area contributed by atoms with Crippen molar-refractivity contribution in [2.75, 3.05) is 5.32 Å². The zero-order valence-corrected chi connectivity index (χ0v) is 19.0. The summed E-state index contributed by atoms with van der Waals surface area (Å²) in [7, 11) is 0. The van der Waals surface area contributed by atoms with Crippen molar-refractivity contribution < 1.29 is 19.1 Å². The number of hydrogen-bond acceptors (Lipinski definition) is 5. The van der Waals surface area contributed by atoms with Crippen molar-refractivity contribution >= 4 is 23.6 Å². The molecule has 0 saturated carbocycles. The molecule has 8 heteroatoms. The lowest BCUT2D eigenvalue weighted by Gasteiger charge is -2.24. The summed E-state index contributed by atoms with van der Waals surface area (Å²) in [5, 5.41) is 5.60. The molecule has 3 aromatic rings. The molecule has 2 aromatic carbocycles. The Kier molecular flexibility index (Phi) is 6.87. The number of anilines is 1. The fourth-order valence-corrected chi connectivity index (χ4v) is 3.84. The molecule has 0 spiro atoms. The first-order chi connectivity index (χ1) is 16.4. The van der Waals surface area contributed by atoms with Gasteiger partial charge in [0.05, 0.1) is 18.8 Å². The molecule has 2 heterocycles. The first kappa shape index (κ1) is 23.0. The predicted molar refractivity (Wildman–Crippen MR) is 127 cm³/mol. The minimum atomic E-state index is -0.871. The van der Waals surface area contributed by atoms with Gasteiger partial charge in [-0.3, -0.25) is 19.5 Å². The van der Waals surface area contributed by atoms with Crippen LogP contribution in [0.2, 0.25) is 0 Å². The van der Waals surface area contributed by atoms with Gasteiger partial charge in [-0.05, 0) is 42.3 Å². The van der Waals surface area contributed by atoms with Gasteiger partial charge in [0, 0.05) is 18.8 Å². The third-order valence-corrected chi connectivity index (χ3v) is 5.56. The summed E-state index contributed by atoms with van der Waals surface area (Å²) in [5.74, 6) is -0.518. The van der Waals surface area contributed by atoms with Crippen LogP contribution in [0.3, 0.4) is 0 Å². The fourth-order valence-electron chi connectivity index (χ4n) is 3.84. The van der Waals surface area contributed by atoms with E-state index in [1.54, 1.807) is 36.5 Å². The van der Waals surface area contributed by atoms with Crippen molar-refractivity contribution in [1.82, 2.24) is 15.2 Å². The Morgan fingerprint density at radius 3 is 2.41 bits per heavy atom. The van der Waals surface area contributed by atoms with Gasteiger partial charge in [-0.1, -0.05) is 48.0 Å². The van der Waals surface area contributed by atoms with E-state index >= 15 is 0 Å². The van der Waals surface area contributed by atoms with Crippen LogP contribution in [0, 0.1) is 6.92 Å². The highest BCUT2D eigenvalue weighted by atomic mass is 16.6. The normalized spacial score (nSPS) is 17.2. The number of nitrogens with zero attached hydrogens (tertiary/aromatic N) is 2. The molecule has 34 heavy (non-hydrogen) atoms. The summed E-state index contributed by atoms with van der Waals surface area (Å²) in [4.78, 5) is 43.2. The van der Waals surface area contributed by atoms with Gasteiger partial charge in [0.15, 0.2) is 12.1 Å². The van der Waals surface area contributed by atoms with Gasteiger partial charge in [0.2, 0.25) is 11.8 Å². The maximum absolute atomic E-state index is 13.3. The van der Waals surface area contributed by atoms with Crippen molar-refractivity contribution in [1.29, 1.82) is 0 Å². The molecule has 0 bridgehead atoms. The van der Waals surface area contributed by atoms with E-state index in [2.05, 4.69) is 15.6 Å². The third-order valence-electron chi connectivity index (χ3n) is 5.56. The molecule has 0 radical (unpaired) electrons. The SMILES string of the molecule is CC(=O)Nc1ccc([C@@H]2OC(=O)N(Cc3ccc(C)cc3)[C@@H]2C(=O)NCc2ccccn2)cc1. The lowest BCUT2D eigenvalue weighted by molar-refractivity contribution is -0.126. The van der Waals surface area contributed by atoms with E-state index in [0.29, 0.717) is 16.9 Å². The number of cyclic esters (lactones) is 1. The molecule has 1 aliphatic rings. The molecule has 4 rings (SSSR count). The molecular weight excluding hydrogens is 432 g/mol. The molecule has 1 aromatic heterocycles. The molecule has 1 fully saturated rings. The number of hydrogen-bond donors (Lipinski definition) is 2. The highest BCUT2D eigenvalue weighted by Crippen LogP contribution is 2.34. The van der Waals surface area contributed by atoms with Crippen molar-refractivity contribution in [3.8, 4) is 0 Å². The monoisotopic (exact) mass is 458 g/mol. The Balaban J connectivity index is 1.59. The van der Waals surface area contributed by atoms with Crippen LogP contribution in [0.1, 0.15) is 35.4 Å². The lowest BCUT2D eigenvalue weighted by Crippen LogP contribution is -2.46. The van der Waals surface area contributed by atoms with Crippen molar-refractivity contribution in [3.63, 3.8) is 0 Å². The molecule has 2 N–H and O–H groups in total. The summed E-state index contributed by atoms with van der Waals surface area (Å²) in [5.41, 5.74) is 3.99. The van der Waals surface area contributed by atoms with Crippen LogP contribution in [0.25, 0.3) is 0 Å². The Morgan fingerprint density at radius 1 is 1.03 bits per heavy atom. The zero-order chi connectivity index (χ0) is 24.1. The Labute approximate surface area is 198 Å². The lowest BCUT2D eigenvalue weighted by atomic mass is 10.00. The Morgan fingerprint density at radius 2 is 1.76 bits per heavy atom. The number of pyridine rings is 1. The van der Waals surface area contributed by atoms with Gasteiger partial charge in [0.25, 0.3) is 0 Å². The van der Waals surface area contributed by atoms with E-state index in [-0.39, 0.29) is 24.9 Å². The largest absolute Gasteiger partial charge is 0.438 e.